The molecule has 0 aliphatic rings. The first kappa shape index (κ1) is 31.0. The Morgan fingerprint density at radius 1 is 0.513 bits per heavy atom. The summed E-state index contributed by atoms with van der Waals surface area (Å²) in [6, 6.07) is 5.27. The van der Waals surface area contributed by atoms with Gasteiger partial charge in [-0.15, -0.1) is 0 Å². The molecule has 3 aromatic carbocycles. The molecule has 0 aliphatic heterocycles. The van der Waals surface area contributed by atoms with Gasteiger partial charge in [0.05, 0.1) is 0 Å². The number of benzene rings is 3. The summed E-state index contributed by atoms with van der Waals surface area (Å²) in [5.74, 6) is -24.6. The molecule has 0 heterocycles. The van der Waals surface area contributed by atoms with E-state index in [0.717, 1.165) is 6.07 Å². The second kappa shape index (κ2) is 10.8. The van der Waals surface area contributed by atoms with Gasteiger partial charge in [0.25, 0.3) is 6.71 Å². The fourth-order valence-electron chi connectivity index (χ4n) is 4.82. The van der Waals surface area contributed by atoms with E-state index in [4.69, 9.17) is 0 Å². The molecule has 0 radical (unpaired) electrons. The van der Waals surface area contributed by atoms with Gasteiger partial charge in [-0.2, -0.15) is 0 Å². The maximum atomic E-state index is 15.1. The van der Waals surface area contributed by atoms with E-state index in [-0.39, 0.29) is 27.5 Å². The maximum Gasteiger partial charge on any atom is 0.257 e. The van der Waals surface area contributed by atoms with Crippen LogP contribution in [0.1, 0.15) is 47.1 Å². The van der Waals surface area contributed by atoms with E-state index in [9.17, 15) is 26.3 Å². The molecule has 0 atom stereocenters. The van der Waals surface area contributed by atoms with Crippen molar-refractivity contribution in [1.82, 2.24) is 0 Å². The number of hydrogen-bond donors (Lipinski definition) is 0. The summed E-state index contributed by atoms with van der Waals surface area (Å²) in [5, 5.41) is -0.712. The average Bonchev–Trinajstić information content (AvgIpc) is 2.85. The molecule has 0 saturated carbocycles. The lowest BCUT2D eigenvalue weighted by Crippen LogP contribution is -2.59. The molecular weight excluding hydrogens is 556 g/mol. The number of rotatable bonds is 5. The Balaban J connectivity index is 2.51. The highest BCUT2D eigenvalue weighted by molar-refractivity contribution is 7.60. The van der Waals surface area contributed by atoms with E-state index < -0.39 is 83.7 Å². The van der Waals surface area contributed by atoms with Gasteiger partial charge in [0.15, 0.2) is 58.2 Å². The lowest BCUT2D eigenvalue weighted by molar-refractivity contribution is 0.382. The largest absolute Gasteiger partial charge is 0.257 e. The Morgan fingerprint density at radius 3 is 1.15 bits per heavy atom. The fraction of sp³-hybridized carbons (Fsp3) is 0.333. The van der Waals surface area contributed by atoms with Crippen LogP contribution in [0.15, 0.2) is 24.3 Å². The molecule has 0 aliphatic carbocycles. The van der Waals surface area contributed by atoms with Gasteiger partial charge >= 0.3 is 0 Å². The zero-order valence-electron chi connectivity index (χ0n) is 21.8. The molecule has 12 heteroatoms. The van der Waals surface area contributed by atoms with Crippen molar-refractivity contribution >= 4 is 31.0 Å². The predicted octanol–water partition coefficient (Wildman–Crippen LogP) is 7.17. The van der Waals surface area contributed by atoms with Crippen LogP contribution in [0.5, 0.6) is 0 Å². The van der Waals surface area contributed by atoms with Crippen molar-refractivity contribution in [3.8, 4) is 0 Å². The molecule has 0 nitrogen and oxygen atoms in total. The summed E-state index contributed by atoms with van der Waals surface area (Å²) in [5.41, 5.74) is -3.66. The average molecular weight is 580 g/mol. The first-order valence-electron chi connectivity index (χ1n) is 11.7. The summed E-state index contributed by atoms with van der Waals surface area (Å²) in [6.07, 6.45) is 0.139. The summed E-state index contributed by atoms with van der Waals surface area (Å²) in [6.45, 7) is 9.00. The van der Waals surface area contributed by atoms with Gasteiger partial charge in [0, 0.05) is 10.9 Å². The van der Waals surface area contributed by atoms with Crippen LogP contribution in [0, 0.1) is 58.2 Å². The lowest BCUT2D eigenvalue weighted by Gasteiger charge is -2.42. The van der Waals surface area contributed by atoms with E-state index in [1.807, 2.05) is 41.5 Å². The lowest BCUT2D eigenvalue weighted by atomic mass is 9.35. The second-order valence-electron chi connectivity index (χ2n) is 11.0. The Morgan fingerprint density at radius 2 is 0.821 bits per heavy atom. The molecular formula is C27H24BF10P. The SMILES string of the molecule is CC(C)(C)P(Cc1ccccc1B(c1c(F)c(F)c(F)c(F)c1F)c1c(F)c(F)c(F)c(F)c1F)C(C)(C)C. The smallest absolute Gasteiger partial charge is 0.204 e. The Kier molecular flexibility index (Phi) is 8.57. The first-order chi connectivity index (χ1) is 17.8. The minimum absolute atomic E-state index is 0.139. The molecule has 0 unspecified atom stereocenters. The van der Waals surface area contributed by atoms with Crippen molar-refractivity contribution in [3.63, 3.8) is 0 Å². The fourth-order valence-corrected chi connectivity index (χ4v) is 8.41. The third kappa shape index (κ3) is 5.56. The van der Waals surface area contributed by atoms with E-state index in [1.165, 1.54) is 18.2 Å². The third-order valence-corrected chi connectivity index (χ3v) is 10.3. The number of halogens is 10. The van der Waals surface area contributed by atoms with Crippen LogP contribution in [-0.4, -0.2) is 17.0 Å². The minimum atomic E-state index is -2.58. The molecule has 3 rings (SSSR count). The van der Waals surface area contributed by atoms with Crippen LogP contribution < -0.4 is 16.4 Å². The first-order valence-corrected chi connectivity index (χ1v) is 13.2. The molecule has 0 aromatic heterocycles. The Hall–Kier alpha value is -2.55. The van der Waals surface area contributed by atoms with Crippen molar-refractivity contribution in [2.24, 2.45) is 0 Å². The van der Waals surface area contributed by atoms with Gasteiger partial charge in [-0.1, -0.05) is 79.2 Å². The summed E-state index contributed by atoms with van der Waals surface area (Å²) in [7, 11) is -1.05. The Labute approximate surface area is 221 Å². The molecule has 3 aromatic rings. The van der Waals surface area contributed by atoms with E-state index >= 15 is 17.6 Å². The summed E-state index contributed by atoms with van der Waals surface area (Å²) >= 11 is 0. The van der Waals surface area contributed by atoms with Gasteiger partial charge in [-0.3, -0.25) is 0 Å². The van der Waals surface area contributed by atoms with Gasteiger partial charge in [0.2, 0.25) is 0 Å². The molecule has 0 N–H and O–H groups in total. The standard InChI is InChI=1S/C27H24BF10P/c1-26(2,3)39(27(4,5)6)11-12-9-7-8-10-13(12)28(14-16(29)20(33)24(37)21(34)17(14)30)15-18(31)22(35)25(38)23(36)19(15)32/h7-10H,11H2,1-6H3. The Bertz CT molecular complexity index is 1280. The van der Waals surface area contributed by atoms with E-state index in [0.29, 0.717) is 0 Å². The quantitative estimate of drug-likeness (QED) is 0.0988. The van der Waals surface area contributed by atoms with Gasteiger partial charge in [0.1, 0.15) is 0 Å². The summed E-state index contributed by atoms with van der Waals surface area (Å²) in [4.78, 5) is 0. The highest BCUT2D eigenvalue weighted by Gasteiger charge is 2.42. The predicted molar refractivity (Wildman–Crippen MR) is 134 cm³/mol. The molecule has 0 saturated heterocycles. The highest BCUT2D eigenvalue weighted by atomic mass is 31.1. The van der Waals surface area contributed by atoms with Crippen molar-refractivity contribution in [1.29, 1.82) is 0 Å². The van der Waals surface area contributed by atoms with Crippen LogP contribution >= 0.6 is 7.92 Å². The molecule has 210 valence electrons. The third-order valence-electron chi connectivity index (χ3n) is 6.38. The molecule has 0 spiro atoms. The summed E-state index contributed by atoms with van der Waals surface area (Å²) < 4.78 is 145. The highest BCUT2D eigenvalue weighted by Crippen LogP contribution is 2.61. The minimum Gasteiger partial charge on any atom is -0.204 e. The topological polar surface area (TPSA) is 0 Å². The van der Waals surface area contributed by atoms with Gasteiger partial charge < -0.3 is 0 Å². The zero-order chi connectivity index (χ0) is 29.8. The van der Waals surface area contributed by atoms with Crippen LogP contribution in [0.3, 0.4) is 0 Å². The molecule has 39 heavy (non-hydrogen) atoms. The van der Waals surface area contributed by atoms with Crippen LogP contribution in [0.25, 0.3) is 0 Å². The normalized spacial score (nSPS) is 12.4. The van der Waals surface area contributed by atoms with Crippen molar-refractivity contribution in [2.75, 3.05) is 0 Å². The van der Waals surface area contributed by atoms with E-state index in [2.05, 4.69) is 0 Å². The van der Waals surface area contributed by atoms with Crippen molar-refractivity contribution < 1.29 is 43.9 Å². The van der Waals surface area contributed by atoms with Crippen LogP contribution in [0.2, 0.25) is 0 Å². The van der Waals surface area contributed by atoms with Crippen LogP contribution in [-0.2, 0) is 6.16 Å². The molecule has 0 bridgehead atoms. The molecule has 0 amide bonds. The van der Waals surface area contributed by atoms with Crippen molar-refractivity contribution in [3.05, 3.63) is 88.0 Å². The monoisotopic (exact) mass is 580 g/mol. The molecule has 0 fully saturated rings. The zero-order valence-corrected chi connectivity index (χ0v) is 22.7. The van der Waals surface area contributed by atoms with E-state index in [1.54, 1.807) is 0 Å². The maximum absolute atomic E-state index is 15.1. The van der Waals surface area contributed by atoms with Gasteiger partial charge in [-0.25, -0.2) is 43.9 Å². The van der Waals surface area contributed by atoms with Gasteiger partial charge in [-0.05, 0) is 22.0 Å². The second-order valence-corrected chi connectivity index (χ2v) is 14.9. The number of hydrogen-bond acceptors (Lipinski definition) is 0. The van der Waals surface area contributed by atoms with Crippen LogP contribution in [0.4, 0.5) is 43.9 Å². The van der Waals surface area contributed by atoms with Crippen molar-refractivity contribution in [2.45, 2.75) is 58.0 Å².